The molecule has 0 amide bonds. The van der Waals surface area contributed by atoms with Gasteiger partial charge in [0.05, 0.1) is 0 Å². The molecule has 0 aliphatic rings. The predicted octanol–water partition coefficient (Wildman–Crippen LogP) is 1.92. The molecule has 2 atom stereocenters. The maximum atomic E-state index is 12.4. The van der Waals surface area contributed by atoms with Gasteiger partial charge in [0.2, 0.25) is 5.95 Å². The Balaban J connectivity index is 2.79. The second-order valence-corrected chi connectivity index (χ2v) is 3.86. The quantitative estimate of drug-likeness (QED) is 0.856. The van der Waals surface area contributed by atoms with Crippen molar-refractivity contribution in [2.24, 2.45) is 5.92 Å². The molecule has 0 radical (unpaired) electrons. The molecule has 1 heterocycles. The molecular weight excluding hydrogens is 235 g/mol. The van der Waals surface area contributed by atoms with Crippen LogP contribution in [0.3, 0.4) is 0 Å². The molecule has 2 unspecified atom stereocenters. The third-order valence-corrected chi connectivity index (χ3v) is 2.44. The molecule has 0 fully saturated rings. The Bertz CT molecular complexity index is 370. The molecule has 0 spiro atoms. The summed E-state index contributed by atoms with van der Waals surface area (Å²) >= 11 is 0. The molecule has 2 N–H and O–H groups in total. The minimum Gasteiger partial charge on any atom is -0.396 e. The van der Waals surface area contributed by atoms with Crippen LogP contribution in [-0.2, 0) is 6.18 Å². The number of hydrogen-bond donors (Lipinski definition) is 2. The summed E-state index contributed by atoms with van der Waals surface area (Å²) < 4.78 is 37.1. The van der Waals surface area contributed by atoms with Crippen molar-refractivity contribution in [3.8, 4) is 0 Å². The van der Waals surface area contributed by atoms with Crippen molar-refractivity contribution in [1.29, 1.82) is 0 Å². The Morgan fingerprint density at radius 1 is 1.41 bits per heavy atom. The summed E-state index contributed by atoms with van der Waals surface area (Å²) in [5, 5.41) is 11.6. The molecule has 4 nitrogen and oxygen atoms in total. The molecule has 0 saturated carbocycles. The Labute approximate surface area is 96.9 Å². The Kier molecular flexibility index (Phi) is 4.28. The van der Waals surface area contributed by atoms with Crippen molar-refractivity contribution >= 4 is 5.95 Å². The smallest absolute Gasteiger partial charge is 0.396 e. The lowest BCUT2D eigenvalue weighted by Gasteiger charge is -2.19. The highest BCUT2D eigenvalue weighted by atomic mass is 19.4. The van der Waals surface area contributed by atoms with E-state index in [4.69, 9.17) is 5.11 Å². The number of rotatable bonds is 4. The zero-order chi connectivity index (χ0) is 13.1. The van der Waals surface area contributed by atoms with E-state index < -0.39 is 11.9 Å². The number of hydrogen-bond acceptors (Lipinski definition) is 4. The fourth-order valence-corrected chi connectivity index (χ4v) is 1.09. The van der Waals surface area contributed by atoms with E-state index in [1.54, 1.807) is 13.8 Å². The van der Waals surface area contributed by atoms with Crippen molar-refractivity contribution in [3.05, 3.63) is 18.0 Å². The topological polar surface area (TPSA) is 58.0 Å². The lowest BCUT2D eigenvalue weighted by Crippen LogP contribution is -2.27. The normalized spacial score (nSPS) is 15.4. The molecule has 0 aromatic carbocycles. The van der Waals surface area contributed by atoms with Crippen molar-refractivity contribution in [2.45, 2.75) is 26.1 Å². The van der Waals surface area contributed by atoms with Crippen LogP contribution in [0.1, 0.15) is 19.5 Å². The average Bonchev–Trinajstić information content (AvgIpc) is 2.27. The third-order valence-electron chi connectivity index (χ3n) is 2.44. The van der Waals surface area contributed by atoms with Gasteiger partial charge in [-0.1, -0.05) is 6.92 Å². The number of aromatic nitrogens is 2. The zero-order valence-corrected chi connectivity index (χ0v) is 9.49. The Morgan fingerprint density at radius 2 is 2.06 bits per heavy atom. The van der Waals surface area contributed by atoms with Crippen molar-refractivity contribution < 1.29 is 18.3 Å². The third kappa shape index (κ3) is 3.85. The van der Waals surface area contributed by atoms with E-state index in [0.717, 1.165) is 12.3 Å². The first-order valence-corrected chi connectivity index (χ1v) is 5.12. The minimum absolute atomic E-state index is 0.0624. The Hall–Kier alpha value is -1.37. The molecule has 1 aromatic heterocycles. The van der Waals surface area contributed by atoms with Crippen molar-refractivity contribution in [2.75, 3.05) is 11.9 Å². The average molecular weight is 249 g/mol. The van der Waals surface area contributed by atoms with Gasteiger partial charge in [0.15, 0.2) is 0 Å². The number of halogens is 3. The van der Waals surface area contributed by atoms with E-state index in [9.17, 15) is 13.2 Å². The van der Waals surface area contributed by atoms with Crippen LogP contribution in [0.25, 0.3) is 0 Å². The second kappa shape index (κ2) is 5.31. The zero-order valence-electron chi connectivity index (χ0n) is 9.49. The highest BCUT2D eigenvalue weighted by molar-refractivity contribution is 5.27. The largest absolute Gasteiger partial charge is 0.433 e. The van der Waals surface area contributed by atoms with Crippen LogP contribution >= 0.6 is 0 Å². The highest BCUT2D eigenvalue weighted by Crippen LogP contribution is 2.27. The molecule has 96 valence electrons. The summed E-state index contributed by atoms with van der Waals surface area (Å²) in [7, 11) is 0. The van der Waals surface area contributed by atoms with Gasteiger partial charge in [-0.2, -0.15) is 13.2 Å². The summed E-state index contributed by atoms with van der Waals surface area (Å²) in [4.78, 5) is 7.08. The number of alkyl halides is 3. The van der Waals surface area contributed by atoms with Crippen LogP contribution in [0.4, 0.5) is 19.1 Å². The van der Waals surface area contributed by atoms with E-state index in [0.29, 0.717) is 0 Å². The molecule has 0 aliphatic heterocycles. The van der Waals surface area contributed by atoms with Crippen LogP contribution in [0, 0.1) is 5.92 Å². The maximum Gasteiger partial charge on any atom is 0.433 e. The molecule has 7 heteroatoms. The fourth-order valence-electron chi connectivity index (χ4n) is 1.09. The predicted molar refractivity (Wildman–Crippen MR) is 56.4 cm³/mol. The monoisotopic (exact) mass is 249 g/mol. The van der Waals surface area contributed by atoms with E-state index in [1.165, 1.54) is 0 Å². The molecule has 0 saturated heterocycles. The van der Waals surface area contributed by atoms with Gasteiger partial charge in [-0.3, -0.25) is 0 Å². The number of nitrogens with one attached hydrogen (secondary N) is 1. The lowest BCUT2D eigenvalue weighted by molar-refractivity contribution is -0.141. The van der Waals surface area contributed by atoms with Crippen molar-refractivity contribution in [3.63, 3.8) is 0 Å². The molecule has 1 rings (SSSR count). The van der Waals surface area contributed by atoms with Gasteiger partial charge in [-0.15, -0.1) is 0 Å². The first-order valence-electron chi connectivity index (χ1n) is 5.12. The van der Waals surface area contributed by atoms with Gasteiger partial charge in [-0.05, 0) is 18.9 Å². The summed E-state index contributed by atoms with van der Waals surface area (Å²) in [5.41, 5.74) is -0.987. The van der Waals surface area contributed by atoms with E-state index in [1.807, 2.05) is 0 Å². The number of aliphatic hydroxyl groups is 1. The molecule has 0 bridgehead atoms. The van der Waals surface area contributed by atoms with Crippen LogP contribution in [0.5, 0.6) is 0 Å². The second-order valence-electron chi connectivity index (χ2n) is 3.86. The number of anilines is 1. The summed E-state index contributed by atoms with van der Waals surface area (Å²) in [6, 6.07) is 0.592. The Morgan fingerprint density at radius 3 is 2.59 bits per heavy atom. The van der Waals surface area contributed by atoms with Gasteiger partial charge in [0.25, 0.3) is 0 Å². The highest BCUT2D eigenvalue weighted by Gasteiger charge is 2.32. The summed E-state index contributed by atoms with van der Waals surface area (Å²) in [5.74, 6) is -0.194. The fraction of sp³-hybridized carbons (Fsp3) is 0.600. The van der Waals surface area contributed by atoms with E-state index >= 15 is 0 Å². The van der Waals surface area contributed by atoms with E-state index in [-0.39, 0.29) is 24.5 Å². The molecule has 0 aliphatic carbocycles. The molecule has 1 aromatic rings. The van der Waals surface area contributed by atoms with Gasteiger partial charge in [0.1, 0.15) is 5.69 Å². The van der Waals surface area contributed by atoms with Crippen LogP contribution in [0.2, 0.25) is 0 Å². The van der Waals surface area contributed by atoms with Gasteiger partial charge >= 0.3 is 6.18 Å². The molecular formula is C10H14F3N3O. The number of nitrogens with zero attached hydrogens (tertiary/aromatic N) is 2. The van der Waals surface area contributed by atoms with Crippen LogP contribution < -0.4 is 5.32 Å². The SMILES string of the molecule is CC(CO)C(C)Nc1nccc(C(F)(F)F)n1. The van der Waals surface area contributed by atoms with Gasteiger partial charge in [-0.25, -0.2) is 9.97 Å². The van der Waals surface area contributed by atoms with Crippen molar-refractivity contribution in [1.82, 2.24) is 9.97 Å². The summed E-state index contributed by atoms with van der Waals surface area (Å²) in [6.07, 6.45) is -3.43. The molecule has 17 heavy (non-hydrogen) atoms. The first-order chi connectivity index (χ1) is 7.84. The first kappa shape index (κ1) is 13.7. The lowest BCUT2D eigenvalue weighted by atomic mass is 10.1. The van der Waals surface area contributed by atoms with Gasteiger partial charge in [0, 0.05) is 18.8 Å². The van der Waals surface area contributed by atoms with E-state index in [2.05, 4.69) is 15.3 Å². The van der Waals surface area contributed by atoms with Crippen LogP contribution in [0.15, 0.2) is 12.3 Å². The minimum atomic E-state index is -4.48. The number of aliphatic hydroxyl groups excluding tert-OH is 1. The van der Waals surface area contributed by atoms with Crippen LogP contribution in [-0.4, -0.2) is 27.7 Å². The summed E-state index contributed by atoms with van der Waals surface area (Å²) in [6.45, 7) is 3.45. The maximum absolute atomic E-state index is 12.4. The standard InChI is InChI=1S/C10H14F3N3O/c1-6(5-17)7(2)15-9-14-4-3-8(16-9)10(11,12)13/h3-4,6-7,17H,5H2,1-2H3,(H,14,15,16). The van der Waals surface area contributed by atoms with Gasteiger partial charge < -0.3 is 10.4 Å².